The van der Waals surface area contributed by atoms with Gasteiger partial charge in [-0.05, 0) is 41.8 Å². The van der Waals surface area contributed by atoms with E-state index in [2.05, 4.69) is 16.3 Å². The number of thioether (sulfide) groups is 1. The molecule has 2 aromatic rings. The van der Waals surface area contributed by atoms with Crippen LogP contribution in [0.3, 0.4) is 0 Å². The topological polar surface area (TPSA) is 69.7 Å². The van der Waals surface area contributed by atoms with Gasteiger partial charge in [0, 0.05) is 35.0 Å². The summed E-state index contributed by atoms with van der Waals surface area (Å²) in [6, 6.07) is 11.2. The maximum Gasteiger partial charge on any atom is 0.255 e. The minimum absolute atomic E-state index is 0.141. The van der Waals surface area contributed by atoms with Crippen molar-refractivity contribution in [3.05, 3.63) is 58.1 Å². The fourth-order valence-corrected chi connectivity index (χ4v) is 5.48. The zero-order chi connectivity index (χ0) is 20.1. The molecule has 8 heteroatoms. The Bertz CT molecular complexity index is 1060. The van der Waals surface area contributed by atoms with Gasteiger partial charge in [-0.1, -0.05) is 23.7 Å². The minimum atomic E-state index is -0.581. The maximum atomic E-state index is 12.8. The molecule has 0 radical (unpaired) electrons. The van der Waals surface area contributed by atoms with Crippen LogP contribution in [0.15, 0.2) is 41.3 Å². The number of piperidine rings is 1. The quantitative estimate of drug-likeness (QED) is 0.762. The first-order valence-corrected chi connectivity index (χ1v) is 10.8. The fourth-order valence-electron chi connectivity index (χ4n) is 4.16. The van der Waals surface area contributed by atoms with E-state index in [1.165, 1.54) is 10.6 Å². The van der Waals surface area contributed by atoms with Gasteiger partial charge in [0.25, 0.3) is 5.91 Å². The third-order valence-electron chi connectivity index (χ3n) is 5.60. The number of rotatable bonds is 3. The zero-order valence-electron chi connectivity index (χ0n) is 15.5. The Balaban J connectivity index is 1.34. The third-order valence-corrected chi connectivity index (χ3v) is 6.91. The molecule has 29 heavy (non-hydrogen) atoms. The lowest BCUT2D eigenvalue weighted by molar-refractivity contribution is -0.136. The number of hydrogen-bond donors (Lipinski definition) is 1. The van der Waals surface area contributed by atoms with E-state index in [1.54, 1.807) is 16.7 Å². The van der Waals surface area contributed by atoms with Gasteiger partial charge >= 0.3 is 0 Å². The number of carbonyl (C=O) groups excluding carboxylic acids is 3. The molecule has 0 bridgehead atoms. The zero-order valence-corrected chi connectivity index (χ0v) is 17.1. The van der Waals surface area contributed by atoms with Crippen molar-refractivity contribution < 1.29 is 14.4 Å². The van der Waals surface area contributed by atoms with E-state index < -0.39 is 6.04 Å². The van der Waals surface area contributed by atoms with Gasteiger partial charge in [0.1, 0.15) is 6.04 Å². The van der Waals surface area contributed by atoms with Crippen molar-refractivity contribution in [3.8, 4) is 0 Å². The Labute approximate surface area is 177 Å². The summed E-state index contributed by atoms with van der Waals surface area (Å²) in [6.07, 6.45) is 0.638. The SMILES string of the molecule is O=C1CCC(N2Cc3cc(CN4CSc5cc(Cl)ccc54)ccc3C2=O)C(=O)N1. The van der Waals surface area contributed by atoms with Crippen LogP contribution >= 0.6 is 23.4 Å². The van der Waals surface area contributed by atoms with Crippen LogP contribution in [0.4, 0.5) is 5.69 Å². The van der Waals surface area contributed by atoms with Crippen molar-refractivity contribution in [1.82, 2.24) is 10.2 Å². The second kappa shape index (κ2) is 7.07. The summed E-state index contributed by atoms with van der Waals surface area (Å²) in [4.78, 5) is 41.4. The van der Waals surface area contributed by atoms with Gasteiger partial charge in [-0.15, -0.1) is 11.8 Å². The fraction of sp³-hybridized carbons (Fsp3) is 0.286. The lowest BCUT2D eigenvalue weighted by Crippen LogP contribution is -2.52. The highest BCUT2D eigenvalue weighted by atomic mass is 35.5. The standard InChI is InChI=1S/C21H18ClN3O3S/c22-14-2-4-16-18(8-14)29-11-24(16)9-12-1-3-15-13(7-12)10-25(21(15)28)17-5-6-19(26)23-20(17)27/h1-4,7-8,17H,5-6,9-11H2,(H,23,26,27). The molecule has 3 amide bonds. The number of halogens is 1. The number of hydrogen-bond acceptors (Lipinski definition) is 5. The molecule has 1 saturated heterocycles. The average Bonchev–Trinajstić information content (AvgIpc) is 3.22. The highest BCUT2D eigenvalue weighted by molar-refractivity contribution is 7.99. The molecule has 0 aromatic heterocycles. The molecule has 1 fully saturated rings. The molecule has 0 spiro atoms. The van der Waals surface area contributed by atoms with Gasteiger partial charge in [0.05, 0.1) is 11.6 Å². The molecule has 1 unspecified atom stereocenters. The van der Waals surface area contributed by atoms with Gasteiger partial charge in [0.15, 0.2) is 0 Å². The predicted octanol–water partition coefficient (Wildman–Crippen LogP) is 3.17. The summed E-state index contributed by atoms with van der Waals surface area (Å²) >= 11 is 7.85. The van der Waals surface area contributed by atoms with Gasteiger partial charge in [-0.2, -0.15) is 0 Å². The summed E-state index contributed by atoms with van der Waals surface area (Å²) < 4.78 is 0. The molecule has 3 heterocycles. The number of nitrogens with zero attached hydrogens (tertiary/aromatic N) is 2. The van der Waals surface area contributed by atoms with Crippen LogP contribution in [0.25, 0.3) is 0 Å². The highest BCUT2D eigenvalue weighted by Gasteiger charge is 2.39. The van der Waals surface area contributed by atoms with Crippen molar-refractivity contribution in [2.45, 2.75) is 36.9 Å². The van der Waals surface area contributed by atoms with Crippen LogP contribution in [0.2, 0.25) is 5.02 Å². The number of anilines is 1. The largest absolute Gasteiger partial charge is 0.357 e. The monoisotopic (exact) mass is 427 g/mol. The van der Waals surface area contributed by atoms with Crippen LogP contribution in [0, 0.1) is 0 Å². The second-order valence-electron chi connectivity index (χ2n) is 7.47. The average molecular weight is 428 g/mol. The molecule has 5 rings (SSSR count). The first-order chi connectivity index (χ1) is 14.0. The van der Waals surface area contributed by atoms with E-state index in [0.29, 0.717) is 18.5 Å². The smallest absolute Gasteiger partial charge is 0.255 e. The predicted molar refractivity (Wildman–Crippen MR) is 111 cm³/mol. The summed E-state index contributed by atoms with van der Waals surface area (Å²) in [6.45, 7) is 1.14. The lowest BCUT2D eigenvalue weighted by atomic mass is 10.0. The number of imide groups is 1. The number of benzene rings is 2. The molecule has 3 aliphatic heterocycles. The van der Waals surface area contributed by atoms with Gasteiger partial charge < -0.3 is 9.80 Å². The van der Waals surface area contributed by atoms with Crippen LogP contribution in [0.1, 0.15) is 34.3 Å². The van der Waals surface area contributed by atoms with Gasteiger partial charge in [-0.25, -0.2) is 0 Å². The Kier molecular flexibility index (Phi) is 4.52. The first-order valence-electron chi connectivity index (χ1n) is 9.43. The Morgan fingerprint density at radius 3 is 2.83 bits per heavy atom. The van der Waals surface area contributed by atoms with Crippen LogP contribution < -0.4 is 10.2 Å². The van der Waals surface area contributed by atoms with Crippen molar-refractivity contribution in [2.24, 2.45) is 0 Å². The maximum absolute atomic E-state index is 12.8. The normalized spacial score (nSPS) is 20.7. The lowest BCUT2D eigenvalue weighted by Gasteiger charge is -2.29. The molecule has 2 aromatic carbocycles. The van der Waals surface area contributed by atoms with E-state index in [0.717, 1.165) is 28.6 Å². The molecule has 148 valence electrons. The molecule has 1 atom stereocenters. The number of amides is 3. The van der Waals surface area contributed by atoms with E-state index in [-0.39, 0.29) is 24.1 Å². The second-order valence-corrected chi connectivity index (χ2v) is 8.90. The summed E-state index contributed by atoms with van der Waals surface area (Å²) in [5.41, 5.74) is 3.85. The summed E-state index contributed by atoms with van der Waals surface area (Å²) in [7, 11) is 0. The van der Waals surface area contributed by atoms with Crippen molar-refractivity contribution in [1.29, 1.82) is 0 Å². The van der Waals surface area contributed by atoms with Crippen molar-refractivity contribution in [2.75, 3.05) is 10.8 Å². The highest BCUT2D eigenvalue weighted by Crippen LogP contribution is 2.41. The van der Waals surface area contributed by atoms with Crippen LogP contribution in [-0.4, -0.2) is 34.5 Å². The molecule has 6 nitrogen and oxygen atoms in total. The minimum Gasteiger partial charge on any atom is -0.357 e. The van der Waals surface area contributed by atoms with Crippen LogP contribution in [-0.2, 0) is 22.7 Å². The molecule has 3 aliphatic rings. The molecular weight excluding hydrogens is 410 g/mol. The van der Waals surface area contributed by atoms with Gasteiger partial charge in [-0.3, -0.25) is 19.7 Å². The Morgan fingerprint density at radius 1 is 1.14 bits per heavy atom. The van der Waals surface area contributed by atoms with Crippen molar-refractivity contribution in [3.63, 3.8) is 0 Å². The van der Waals surface area contributed by atoms with E-state index in [1.807, 2.05) is 30.3 Å². The molecular formula is C21H18ClN3O3S. The van der Waals surface area contributed by atoms with E-state index in [9.17, 15) is 14.4 Å². The number of fused-ring (bicyclic) bond motifs is 2. The summed E-state index contributed by atoms with van der Waals surface area (Å²) in [5.74, 6) is 0.0566. The number of nitrogens with one attached hydrogen (secondary N) is 1. The van der Waals surface area contributed by atoms with E-state index in [4.69, 9.17) is 11.6 Å². The molecule has 1 N–H and O–H groups in total. The molecule has 0 saturated carbocycles. The Morgan fingerprint density at radius 2 is 2.00 bits per heavy atom. The van der Waals surface area contributed by atoms with Crippen LogP contribution in [0.5, 0.6) is 0 Å². The third kappa shape index (κ3) is 3.28. The first kappa shape index (κ1) is 18.5. The van der Waals surface area contributed by atoms with E-state index >= 15 is 0 Å². The number of carbonyl (C=O) groups is 3. The Hall–Kier alpha value is -2.51. The van der Waals surface area contributed by atoms with Crippen molar-refractivity contribution >= 4 is 46.8 Å². The summed E-state index contributed by atoms with van der Waals surface area (Å²) in [5, 5.41) is 3.08. The van der Waals surface area contributed by atoms with Gasteiger partial charge in [0.2, 0.25) is 11.8 Å². The molecule has 0 aliphatic carbocycles.